The van der Waals surface area contributed by atoms with Crippen molar-refractivity contribution in [3.05, 3.63) is 12.2 Å². The topological polar surface area (TPSA) is 144 Å². The van der Waals surface area contributed by atoms with E-state index in [0.717, 1.165) is 50.5 Å². The van der Waals surface area contributed by atoms with Crippen LogP contribution in [0.2, 0.25) is 0 Å². The second kappa shape index (κ2) is 10.3. The summed E-state index contributed by atoms with van der Waals surface area (Å²) >= 11 is 0. The van der Waals surface area contributed by atoms with Crippen molar-refractivity contribution >= 4 is 17.8 Å². The van der Waals surface area contributed by atoms with Gasteiger partial charge in [-0.25, -0.2) is 4.79 Å². The maximum Gasteiger partial charge on any atom is 0.326 e. The molecule has 12 atom stereocenters. The van der Waals surface area contributed by atoms with Gasteiger partial charge in [-0.1, -0.05) is 39.8 Å². The summed E-state index contributed by atoms with van der Waals surface area (Å²) in [5, 5.41) is 43.2. The minimum Gasteiger partial charge on any atom is -0.481 e. The lowest BCUT2D eigenvalue weighted by molar-refractivity contribution is -0.252. The molecule has 0 bridgehead atoms. The molecule has 5 N–H and O–H groups in total. The molecule has 0 aromatic heterocycles. The number of hydrogen-bond donors (Lipinski definition) is 5. The van der Waals surface area contributed by atoms with Gasteiger partial charge in [0.25, 0.3) is 0 Å². The summed E-state index contributed by atoms with van der Waals surface area (Å²) in [4.78, 5) is 37.4. The highest BCUT2D eigenvalue weighted by Crippen LogP contribution is 2.77. The van der Waals surface area contributed by atoms with Gasteiger partial charge >= 0.3 is 11.9 Å². The van der Waals surface area contributed by atoms with Crippen LogP contribution in [-0.4, -0.2) is 57.0 Å². The van der Waals surface area contributed by atoms with Crippen LogP contribution in [0.15, 0.2) is 12.2 Å². The number of hydrogen-bond acceptors (Lipinski definition) is 5. The molecule has 0 radical (unpaired) electrons. The summed E-state index contributed by atoms with van der Waals surface area (Å²) in [6, 6.07) is -1.45. The Morgan fingerprint density at radius 2 is 1.57 bits per heavy atom. The Kier molecular flexibility index (Phi) is 7.74. The largest absolute Gasteiger partial charge is 0.481 e. The van der Waals surface area contributed by atoms with Crippen molar-refractivity contribution < 1.29 is 34.8 Å². The molecule has 5 saturated carbocycles. The molecule has 8 nitrogen and oxygen atoms in total. The smallest absolute Gasteiger partial charge is 0.326 e. The molecule has 1 amide bonds. The van der Waals surface area contributed by atoms with Crippen molar-refractivity contribution in [2.75, 3.05) is 6.61 Å². The third-order valence-corrected chi connectivity index (χ3v) is 14.6. The minimum absolute atomic E-state index is 0.00301. The normalized spacial score (nSPS) is 48.5. The SMILES string of the molecule is C=C(C)[C@@H]1CC[C@]2(C(=O)NC(CC(=O)O)C(=O)O)CC[C@]3(C)C(CCC4[C@@]5(C)CC[C@H](O)[C@@](C)(CO)C5CC[C@]43C)C12. The summed E-state index contributed by atoms with van der Waals surface area (Å²) < 4.78 is 0. The monoisotopic (exact) mass is 587 g/mol. The van der Waals surface area contributed by atoms with Gasteiger partial charge in [-0.05, 0) is 117 Å². The number of allylic oxidation sites excluding steroid dienone is 1. The Morgan fingerprint density at radius 1 is 0.881 bits per heavy atom. The number of aliphatic hydroxyl groups is 2. The van der Waals surface area contributed by atoms with Gasteiger partial charge in [-0.2, -0.15) is 0 Å². The molecular formula is C34H53NO7. The zero-order valence-corrected chi connectivity index (χ0v) is 26.2. The maximum absolute atomic E-state index is 14.1. The van der Waals surface area contributed by atoms with Gasteiger partial charge in [0, 0.05) is 5.41 Å². The maximum atomic E-state index is 14.1. The van der Waals surface area contributed by atoms with Crippen molar-refractivity contribution in [3.8, 4) is 0 Å². The number of fused-ring (bicyclic) bond motifs is 7. The molecule has 0 spiro atoms. The zero-order chi connectivity index (χ0) is 31.0. The molecule has 5 aliphatic rings. The number of nitrogens with one attached hydrogen (secondary N) is 1. The summed E-state index contributed by atoms with van der Waals surface area (Å²) in [5.74, 6) is -1.70. The number of carbonyl (C=O) groups is 3. The molecule has 0 heterocycles. The lowest BCUT2D eigenvalue weighted by Crippen LogP contribution is -2.68. The van der Waals surface area contributed by atoms with Crippen LogP contribution in [0.4, 0.5) is 0 Å². The van der Waals surface area contributed by atoms with Crippen molar-refractivity contribution in [2.45, 2.75) is 117 Å². The van der Waals surface area contributed by atoms with E-state index in [0.29, 0.717) is 25.2 Å². The van der Waals surface area contributed by atoms with Gasteiger partial charge < -0.3 is 25.7 Å². The molecular weight excluding hydrogens is 534 g/mol. The van der Waals surface area contributed by atoms with Gasteiger partial charge in [0.1, 0.15) is 6.04 Å². The zero-order valence-electron chi connectivity index (χ0n) is 26.2. The van der Waals surface area contributed by atoms with Gasteiger partial charge in [0.2, 0.25) is 5.91 Å². The Labute approximate surface area is 250 Å². The van der Waals surface area contributed by atoms with Gasteiger partial charge in [0.15, 0.2) is 0 Å². The van der Waals surface area contributed by atoms with Crippen LogP contribution in [0.5, 0.6) is 0 Å². The molecule has 5 unspecified atom stereocenters. The Hall–Kier alpha value is -1.93. The van der Waals surface area contributed by atoms with E-state index in [1.165, 1.54) is 0 Å². The summed E-state index contributed by atoms with van der Waals surface area (Å²) in [6.45, 7) is 15.8. The fourth-order valence-corrected chi connectivity index (χ4v) is 12.2. The van der Waals surface area contributed by atoms with E-state index >= 15 is 0 Å². The molecule has 5 rings (SSSR count). The molecule has 5 fully saturated rings. The van der Waals surface area contributed by atoms with Gasteiger partial charge in [-0.15, -0.1) is 0 Å². The van der Waals surface area contributed by atoms with E-state index in [4.69, 9.17) is 0 Å². The van der Waals surface area contributed by atoms with Crippen LogP contribution >= 0.6 is 0 Å². The van der Waals surface area contributed by atoms with Crippen LogP contribution in [0.1, 0.15) is 105 Å². The van der Waals surface area contributed by atoms with E-state index < -0.39 is 41.3 Å². The number of carboxylic acid groups (broad SMARTS) is 2. The van der Waals surface area contributed by atoms with Crippen LogP contribution in [0, 0.1) is 56.7 Å². The van der Waals surface area contributed by atoms with Crippen LogP contribution in [0.3, 0.4) is 0 Å². The van der Waals surface area contributed by atoms with Crippen molar-refractivity contribution in [2.24, 2.45) is 56.7 Å². The number of rotatable bonds is 7. The molecule has 0 aromatic rings. The lowest BCUT2D eigenvalue weighted by atomic mass is 9.32. The molecule has 8 heteroatoms. The predicted molar refractivity (Wildman–Crippen MR) is 158 cm³/mol. The Balaban J connectivity index is 1.51. The molecule has 0 aromatic carbocycles. The van der Waals surface area contributed by atoms with E-state index in [2.05, 4.69) is 46.5 Å². The molecule has 0 aliphatic heterocycles. The molecule has 236 valence electrons. The van der Waals surface area contributed by atoms with E-state index in [-0.39, 0.29) is 52.4 Å². The number of carbonyl (C=O) groups excluding carboxylic acids is 1. The first-order valence-corrected chi connectivity index (χ1v) is 16.2. The Morgan fingerprint density at radius 3 is 2.17 bits per heavy atom. The molecule has 42 heavy (non-hydrogen) atoms. The lowest BCUT2D eigenvalue weighted by Gasteiger charge is -2.73. The van der Waals surface area contributed by atoms with Crippen LogP contribution < -0.4 is 5.32 Å². The highest BCUT2D eigenvalue weighted by molar-refractivity contribution is 5.90. The van der Waals surface area contributed by atoms with E-state index in [9.17, 15) is 34.8 Å². The van der Waals surface area contributed by atoms with E-state index in [1.807, 2.05) is 0 Å². The van der Waals surface area contributed by atoms with Crippen molar-refractivity contribution in [3.63, 3.8) is 0 Å². The summed E-state index contributed by atoms with van der Waals surface area (Å²) in [6.07, 6.45) is 7.58. The fraction of sp³-hybridized carbons (Fsp3) is 0.853. The van der Waals surface area contributed by atoms with Crippen molar-refractivity contribution in [1.29, 1.82) is 0 Å². The van der Waals surface area contributed by atoms with Crippen LogP contribution in [0.25, 0.3) is 0 Å². The summed E-state index contributed by atoms with van der Waals surface area (Å²) in [7, 11) is 0. The van der Waals surface area contributed by atoms with Crippen molar-refractivity contribution in [1.82, 2.24) is 5.32 Å². The third kappa shape index (κ3) is 4.17. The quantitative estimate of drug-likeness (QED) is 0.263. The number of carboxylic acids is 2. The van der Waals surface area contributed by atoms with Crippen LogP contribution in [-0.2, 0) is 14.4 Å². The van der Waals surface area contributed by atoms with Gasteiger partial charge in [0.05, 0.1) is 24.5 Å². The number of aliphatic carboxylic acids is 2. The van der Waals surface area contributed by atoms with E-state index in [1.54, 1.807) is 0 Å². The average molecular weight is 588 g/mol. The first-order chi connectivity index (χ1) is 19.5. The molecule has 0 saturated heterocycles. The second-order valence-corrected chi connectivity index (χ2v) is 16.0. The third-order valence-electron chi connectivity index (χ3n) is 14.6. The average Bonchev–Trinajstić information content (AvgIpc) is 3.32. The first kappa shape index (κ1) is 31.5. The predicted octanol–water partition coefficient (Wildman–Crippen LogP) is 5.02. The number of amides is 1. The highest BCUT2D eigenvalue weighted by atomic mass is 16.4. The van der Waals surface area contributed by atoms with Gasteiger partial charge in [-0.3, -0.25) is 9.59 Å². The Bertz CT molecular complexity index is 1150. The first-order valence-electron chi connectivity index (χ1n) is 16.2. The second-order valence-electron chi connectivity index (χ2n) is 16.0. The molecule has 5 aliphatic carbocycles. The summed E-state index contributed by atoms with van der Waals surface area (Å²) in [5.41, 5.74) is -0.152. The fourth-order valence-electron chi connectivity index (χ4n) is 12.2. The highest BCUT2D eigenvalue weighted by Gasteiger charge is 2.72. The number of aliphatic hydroxyl groups excluding tert-OH is 2. The minimum atomic E-state index is -1.45. The standard InChI is InChI=1S/C34H53NO7/c1-19(2)20-9-14-34(29(42)35-22(28(40)41)17-26(38)39)16-15-32(5)21(27(20)34)7-8-24-30(3)12-11-25(37)31(4,18-36)23(30)10-13-33(24,32)6/h20-25,27,36-37H,1,7-18H2,2-6H3,(H,35,42)(H,38,39)(H,40,41)/t20-,21?,22?,23?,24?,25-,27?,30-,31-,32+,33+,34-/m0/s1.